The Morgan fingerprint density at radius 1 is 0.800 bits per heavy atom. The van der Waals surface area contributed by atoms with Crippen LogP contribution in [0.3, 0.4) is 0 Å². The van der Waals surface area contributed by atoms with Crippen LogP contribution < -0.4 is 0 Å². The van der Waals surface area contributed by atoms with Crippen LogP contribution in [0.2, 0.25) is 0 Å². The van der Waals surface area contributed by atoms with E-state index in [0.717, 1.165) is 18.8 Å². The summed E-state index contributed by atoms with van der Waals surface area (Å²) in [6.45, 7) is 13.0. The molecule has 148 valence electrons. The van der Waals surface area contributed by atoms with Crippen LogP contribution in [0.25, 0.3) is 0 Å². The molecule has 1 saturated heterocycles. The Labute approximate surface area is 158 Å². The molecule has 2 nitrogen and oxygen atoms in total. The Bertz CT molecular complexity index is 368. The van der Waals surface area contributed by atoms with Gasteiger partial charge in [0.25, 0.3) is 0 Å². The van der Waals surface area contributed by atoms with Gasteiger partial charge in [0.2, 0.25) is 5.91 Å². The summed E-state index contributed by atoms with van der Waals surface area (Å²) in [6.07, 6.45) is 17.7. The Kier molecular flexibility index (Phi) is 9.52. The van der Waals surface area contributed by atoms with E-state index in [1.54, 1.807) is 6.92 Å². The highest BCUT2D eigenvalue weighted by atomic mass is 16.2. The lowest BCUT2D eigenvalue weighted by Gasteiger charge is -2.55. The van der Waals surface area contributed by atoms with Gasteiger partial charge in [0, 0.05) is 18.0 Å². The highest BCUT2D eigenvalue weighted by Gasteiger charge is 2.46. The van der Waals surface area contributed by atoms with E-state index in [-0.39, 0.29) is 17.0 Å². The highest BCUT2D eigenvalue weighted by Crippen LogP contribution is 2.43. The van der Waals surface area contributed by atoms with Crippen LogP contribution in [0, 0.1) is 5.92 Å². The first kappa shape index (κ1) is 22.5. The molecule has 0 aromatic heterocycles. The van der Waals surface area contributed by atoms with Crippen molar-refractivity contribution in [3.63, 3.8) is 0 Å². The third kappa shape index (κ3) is 7.71. The molecule has 1 fully saturated rings. The van der Waals surface area contributed by atoms with E-state index in [2.05, 4.69) is 39.5 Å². The molecule has 0 aromatic carbocycles. The molecule has 1 aliphatic heterocycles. The number of nitrogens with zero attached hydrogens (tertiary/aromatic N) is 1. The van der Waals surface area contributed by atoms with Crippen molar-refractivity contribution in [2.45, 2.75) is 136 Å². The monoisotopic (exact) mass is 351 g/mol. The standard InChI is InChI=1S/C23H45NO/c1-7-8-9-10-11-12-13-14-15-16-17-21-18-22(3,4)24(20(2)25)23(5,6)19-21/h21H,7-19H2,1-6H3. The number of rotatable bonds is 11. The summed E-state index contributed by atoms with van der Waals surface area (Å²) in [5.74, 6) is 1.00. The van der Waals surface area contributed by atoms with Gasteiger partial charge in [-0.3, -0.25) is 4.79 Å². The second-order valence-electron chi connectivity index (χ2n) is 9.72. The van der Waals surface area contributed by atoms with Crippen molar-refractivity contribution in [2.24, 2.45) is 5.92 Å². The smallest absolute Gasteiger partial charge is 0.220 e. The molecule has 0 bridgehead atoms. The van der Waals surface area contributed by atoms with Crippen LogP contribution in [0.1, 0.15) is 125 Å². The van der Waals surface area contributed by atoms with Crippen LogP contribution in [-0.4, -0.2) is 21.9 Å². The fourth-order valence-corrected chi connectivity index (χ4v) is 5.46. The molecule has 0 unspecified atom stereocenters. The molecule has 25 heavy (non-hydrogen) atoms. The van der Waals surface area contributed by atoms with E-state index < -0.39 is 0 Å². The average molecular weight is 352 g/mol. The quantitative estimate of drug-likeness (QED) is 0.363. The molecule has 1 rings (SSSR count). The molecular formula is C23H45NO. The molecule has 0 N–H and O–H groups in total. The molecule has 1 amide bonds. The summed E-state index contributed by atoms with van der Waals surface area (Å²) < 4.78 is 0. The first-order valence-electron chi connectivity index (χ1n) is 11.0. The van der Waals surface area contributed by atoms with Gasteiger partial charge in [-0.1, -0.05) is 77.6 Å². The molecule has 1 aliphatic rings. The number of hydrogen-bond acceptors (Lipinski definition) is 1. The van der Waals surface area contributed by atoms with Crippen molar-refractivity contribution in [2.75, 3.05) is 0 Å². The van der Waals surface area contributed by atoms with Crippen LogP contribution >= 0.6 is 0 Å². The summed E-state index contributed by atoms with van der Waals surface area (Å²) in [7, 11) is 0. The Morgan fingerprint density at radius 3 is 1.60 bits per heavy atom. The van der Waals surface area contributed by atoms with Gasteiger partial charge >= 0.3 is 0 Å². The minimum Gasteiger partial charge on any atom is -0.333 e. The van der Waals surface area contributed by atoms with E-state index >= 15 is 0 Å². The summed E-state index contributed by atoms with van der Waals surface area (Å²) in [5.41, 5.74) is -0.00647. The third-order valence-corrected chi connectivity index (χ3v) is 6.07. The van der Waals surface area contributed by atoms with E-state index in [1.165, 1.54) is 70.6 Å². The number of carbonyl (C=O) groups is 1. The third-order valence-electron chi connectivity index (χ3n) is 6.07. The highest BCUT2D eigenvalue weighted by molar-refractivity contribution is 5.75. The SMILES string of the molecule is CCCCCCCCCCCCC1CC(C)(C)N(C(C)=O)C(C)(C)C1. The van der Waals surface area contributed by atoms with Gasteiger partial charge in [0.05, 0.1) is 0 Å². The van der Waals surface area contributed by atoms with Gasteiger partial charge in [-0.15, -0.1) is 0 Å². The Balaban J connectivity index is 2.21. The average Bonchev–Trinajstić information content (AvgIpc) is 2.46. The van der Waals surface area contributed by atoms with Gasteiger partial charge in [-0.05, 0) is 46.5 Å². The number of likely N-dealkylation sites (tertiary alicyclic amines) is 1. The zero-order valence-corrected chi connectivity index (χ0v) is 18.1. The lowest BCUT2D eigenvalue weighted by Crippen LogP contribution is -2.62. The normalized spacial score (nSPS) is 20.0. The van der Waals surface area contributed by atoms with Crippen LogP contribution in [0.4, 0.5) is 0 Å². The molecule has 0 atom stereocenters. The molecule has 0 radical (unpaired) electrons. The molecule has 0 saturated carbocycles. The van der Waals surface area contributed by atoms with Gasteiger partial charge < -0.3 is 4.90 Å². The fourth-order valence-electron chi connectivity index (χ4n) is 5.46. The number of unbranched alkanes of at least 4 members (excludes halogenated alkanes) is 9. The second kappa shape index (κ2) is 10.6. The van der Waals surface area contributed by atoms with Gasteiger partial charge in [0.15, 0.2) is 0 Å². The van der Waals surface area contributed by atoms with E-state index in [1.807, 2.05) is 0 Å². The minimum absolute atomic E-state index is 0.00324. The lowest BCUT2D eigenvalue weighted by molar-refractivity contribution is -0.149. The van der Waals surface area contributed by atoms with Crippen molar-refractivity contribution in [3.05, 3.63) is 0 Å². The predicted octanol–water partition coefficient (Wildman–Crippen LogP) is 7.11. The maximum Gasteiger partial charge on any atom is 0.220 e. The van der Waals surface area contributed by atoms with Gasteiger partial charge in [-0.2, -0.15) is 0 Å². The molecule has 2 heteroatoms. The topological polar surface area (TPSA) is 20.3 Å². The second-order valence-corrected chi connectivity index (χ2v) is 9.72. The lowest BCUT2D eigenvalue weighted by atomic mass is 9.72. The van der Waals surface area contributed by atoms with Gasteiger partial charge in [-0.25, -0.2) is 0 Å². The molecule has 0 aliphatic carbocycles. The number of amides is 1. The summed E-state index contributed by atoms with van der Waals surface area (Å²) in [5, 5.41) is 0. The van der Waals surface area contributed by atoms with Crippen LogP contribution in [0.15, 0.2) is 0 Å². The largest absolute Gasteiger partial charge is 0.333 e. The van der Waals surface area contributed by atoms with Crippen molar-refractivity contribution >= 4 is 5.91 Å². The van der Waals surface area contributed by atoms with E-state index in [4.69, 9.17) is 0 Å². The minimum atomic E-state index is -0.00324. The maximum absolute atomic E-state index is 12.1. The maximum atomic E-state index is 12.1. The van der Waals surface area contributed by atoms with Crippen LogP contribution in [-0.2, 0) is 4.79 Å². The molecule has 0 spiro atoms. The molecule has 0 aromatic rings. The van der Waals surface area contributed by atoms with Gasteiger partial charge in [0.1, 0.15) is 0 Å². The number of hydrogen-bond donors (Lipinski definition) is 0. The summed E-state index contributed by atoms with van der Waals surface area (Å²) in [4.78, 5) is 14.2. The predicted molar refractivity (Wildman–Crippen MR) is 110 cm³/mol. The number of piperidine rings is 1. The first-order chi connectivity index (χ1) is 11.7. The van der Waals surface area contributed by atoms with E-state index in [0.29, 0.717) is 0 Å². The molecular weight excluding hydrogens is 306 g/mol. The Morgan fingerprint density at radius 2 is 1.20 bits per heavy atom. The fraction of sp³-hybridized carbons (Fsp3) is 0.957. The molecule has 1 heterocycles. The number of carbonyl (C=O) groups excluding carboxylic acids is 1. The zero-order chi connectivity index (χ0) is 18.9. The van der Waals surface area contributed by atoms with Crippen molar-refractivity contribution in [1.82, 2.24) is 4.90 Å². The van der Waals surface area contributed by atoms with Crippen molar-refractivity contribution < 1.29 is 4.79 Å². The van der Waals surface area contributed by atoms with Crippen molar-refractivity contribution in [3.8, 4) is 0 Å². The Hall–Kier alpha value is -0.530. The first-order valence-corrected chi connectivity index (χ1v) is 11.0. The summed E-state index contributed by atoms with van der Waals surface area (Å²) in [6, 6.07) is 0. The van der Waals surface area contributed by atoms with Crippen LogP contribution in [0.5, 0.6) is 0 Å². The van der Waals surface area contributed by atoms with Crippen molar-refractivity contribution in [1.29, 1.82) is 0 Å². The van der Waals surface area contributed by atoms with E-state index in [9.17, 15) is 4.79 Å². The summed E-state index contributed by atoms with van der Waals surface area (Å²) >= 11 is 0. The zero-order valence-electron chi connectivity index (χ0n) is 18.1.